The summed E-state index contributed by atoms with van der Waals surface area (Å²) in [6, 6.07) is 0. The second-order valence-electron chi connectivity index (χ2n) is 3.46. The van der Waals surface area contributed by atoms with E-state index in [1.807, 2.05) is 0 Å². The molecule has 0 aliphatic heterocycles. The third-order valence-corrected chi connectivity index (χ3v) is 3.00. The average Bonchev–Trinajstić information content (AvgIpc) is 2.02. The minimum absolute atomic E-state index is 0.107. The Morgan fingerprint density at radius 1 is 1.45 bits per heavy atom. The molecule has 0 amide bonds. The topological polar surface area (TPSA) is 54.4 Å². The highest BCUT2D eigenvalue weighted by Gasteiger charge is 2.50. The van der Waals surface area contributed by atoms with Gasteiger partial charge in [0.05, 0.1) is 5.92 Å². The molecule has 0 spiro atoms. The summed E-state index contributed by atoms with van der Waals surface area (Å²) in [4.78, 5) is 21.7. The van der Waals surface area contributed by atoms with Crippen LogP contribution in [0.25, 0.3) is 0 Å². The summed E-state index contributed by atoms with van der Waals surface area (Å²) in [6.45, 7) is 0. The van der Waals surface area contributed by atoms with Crippen LogP contribution in [0.4, 0.5) is 0 Å². The first-order chi connectivity index (χ1) is 5.20. The van der Waals surface area contributed by atoms with E-state index in [4.69, 9.17) is 5.11 Å². The minimum Gasteiger partial charge on any atom is -0.481 e. The van der Waals surface area contributed by atoms with Gasteiger partial charge in [0.2, 0.25) is 0 Å². The molecule has 2 fully saturated rings. The maximum Gasteiger partial charge on any atom is 0.307 e. The first-order valence-corrected chi connectivity index (χ1v) is 3.95. The van der Waals surface area contributed by atoms with Crippen molar-refractivity contribution in [3.63, 3.8) is 0 Å². The number of carboxylic acids is 1. The lowest BCUT2D eigenvalue weighted by Crippen LogP contribution is -2.30. The van der Waals surface area contributed by atoms with Crippen molar-refractivity contribution in [1.82, 2.24) is 0 Å². The van der Waals surface area contributed by atoms with Crippen molar-refractivity contribution in [2.75, 3.05) is 0 Å². The maximum absolute atomic E-state index is 11.1. The summed E-state index contributed by atoms with van der Waals surface area (Å²) in [5.41, 5.74) is 0. The lowest BCUT2D eigenvalue weighted by Gasteiger charge is -2.30. The van der Waals surface area contributed by atoms with Crippen LogP contribution in [0.3, 0.4) is 0 Å². The van der Waals surface area contributed by atoms with E-state index in [1.54, 1.807) is 0 Å². The quantitative estimate of drug-likeness (QED) is 0.604. The molecule has 2 aliphatic carbocycles. The average molecular weight is 154 g/mol. The molecule has 0 aromatic carbocycles. The van der Waals surface area contributed by atoms with Crippen LogP contribution >= 0.6 is 0 Å². The predicted molar refractivity (Wildman–Crippen MR) is 37.0 cm³/mol. The summed E-state index contributed by atoms with van der Waals surface area (Å²) in [6.07, 6.45) is 2.14. The second kappa shape index (κ2) is 2.06. The standard InChI is InChI=1S/C8H10O3/c9-7-3-6(8(10)11)4-1-2-5(4)7/h4-6H,1-3H2,(H,10,11)/t4-,5+,6-/m1/s1. The summed E-state index contributed by atoms with van der Waals surface area (Å²) < 4.78 is 0. The van der Waals surface area contributed by atoms with Gasteiger partial charge in [-0.25, -0.2) is 0 Å². The number of aliphatic carboxylic acids is 1. The van der Waals surface area contributed by atoms with Crippen LogP contribution in [-0.4, -0.2) is 16.9 Å². The largest absolute Gasteiger partial charge is 0.481 e. The van der Waals surface area contributed by atoms with E-state index < -0.39 is 5.97 Å². The van der Waals surface area contributed by atoms with Gasteiger partial charge in [-0.2, -0.15) is 0 Å². The fourth-order valence-corrected chi connectivity index (χ4v) is 2.20. The fraction of sp³-hybridized carbons (Fsp3) is 0.750. The van der Waals surface area contributed by atoms with E-state index >= 15 is 0 Å². The summed E-state index contributed by atoms with van der Waals surface area (Å²) in [5.74, 6) is -0.684. The number of ketones is 1. The molecule has 0 bridgehead atoms. The van der Waals surface area contributed by atoms with E-state index in [9.17, 15) is 9.59 Å². The number of rotatable bonds is 1. The predicted octanol–water partition coefficient (Wildman–Crippen LogP) is 0.686. The van der Waals surface area contributed by atoms with Crippen molar-refractivity contribution in [2.24, 2.45) is 17.8 Å². The highest BCUT2D eigenvalue weighted by Crippen LogP contribution is 2.48. The number of Topliss-reactive ketones (excluding diaryl/α,β-unsaturated/α-hetero) is 1. The summed E-state index contributed by atoms with van der Waals surface area (Å²) in [5, 5.41) is 8.70. The van der Waals surface area contributed by atoms with E-state index in [2.05, 4.69) is 0 Å². The van der Waals surface area contributed by atoms with Crippen molar-refractivity contribution in [3.05, 3.63) is 0 Å². The minimum atomic E-state index is -0.787. The maximum atomic E-state index is 11.1. The number of carbonyl (C=O) groups is 2. The number of fused-ring (bicyclic) bond motifs is 1. The van der Waals surface area contributed by atoms with Gasteiger partial charge in [0, 0.05) is 12.3 Å². The molecule has 60 valence electrons. The normalized spacial score (nSPS) is 41.5. The van der Waals surface area contributed by atoms with E-state index in [1.165, 1.54) is 0 Å². The number of carbonyl (C=O) groups excluding carboxylic acids is 1. The van der Waals surface area contributed by atoms with Gasteiger partial charge in [-0.05, 0) is 18.8 Å². The molecule has 0 heterocycles. The van der Waals surface area contributed by atoms with Gasteiger partial charge in [0.25, 0.3) is 0 Å². The van der Waals surface area contributed by atoms with Gasteiger partial charge in [0.1, 0.15) is 5.78 Å². The van der Waals surface area contributed by atoms with Crippen molar-refractivity contribution in [3.8, 4) is 0 Å². The number of carboxylic acid groups (broad SMARTS) is 1. The van der Waals surface area contributed by atoms with Crippen LogP contribution in [0.2, 0.25) is 0 Å². The number of hydrogen-bond donors (Lipinski definition) is 1. The smallest absolute Gasteiger partial charge is 0.307 e. The highest BCUT2D eigenvalue weighted by molar-refractivity contribution is 5.90. The zero-order valence-corrected chi connectivity index (χ0v) is 6.12. The van der Waals surface area contributed by atoms with Crippen molar-refractivity contribution >= 4 is 11.8 Å². The molecule has 3 heteroatoms. The van der Waals surface area contributed by atoms with Gasteiger partial charge in [-0.1, -0.05) is 0 Å². The Morgan fingerprint density at radius 3 is 2.45 bits per heavy atom. The Hall–Kier alpha value is -0.860. The second-order valence-corrected chi connectivity index (χ2v) is 3.46. The molecular weight excluding hydrogens is 144 g/mol. The zero-order valence-electron chi connectivity index (χ0n) is 6.12. The Balaban J connectivity index is 2.16. The molecule has 2 aliphatic rings. The fourth-order valence-electron chi connectivity index (χ4n) is 2.20. The molecule has 1 N–H and O–H groups in total. The lowest BCUT2D eigenvalue weighted by molar-refractivity contribution is -0.144. The molecule has 3 atom stereocenters. The van der Waals surface area contributed by atoms with Crippen LogP contribution in [0.15, 0.2) is 0 Å². The van der Waals surface area contributed by atoms with Crippen LogP contribution < -0.4 is 0 Å². The van der Waals surface area contributed by atoms with E-state index in [0.717, 1.165) is 12.8 Å². The van der Waals surface area contributed by atoms with Crippen LogP contribution in [-0.2, 0) is 9.59 Å². The van der Waals surface area contributed by atoms with Gasteiger partial charge in [-0.3, -0.25) is 9.59 Å². The molecule has 0 radical (unpaired) electrons. The first kappa shape index (κ1) is 6.83. The van der Waals surface area contributed by atoms with E-state index in [0.29, 0.717) is 0 Å². The molecule has 0 unspecified atom stereocenters. The summed E-state index contributed by atoms with van der Waals surface area (Å²) in [7, 11) is 0. The van der Waals surface area contributed by atoms with Gasteiger partial charge >= 0.3 is 5.97 Å². The zero-order chi connectivity index (χ0) is 8.01. The highest BCUT2D eigenvalue weighted by atomic mass is 16.4. The molecule has 3 nitrogen and oxygen atoms in total. The van der Waals surface area contributed by atoms with Crippen molar-refractivity contribution < 1.29 is 14.7 Å². The monoisotopic (exact) mass is 154 g/mol. The van der Waals surface area contributed by atoms with Crippen molar-refractivity contribution in [2.45, 2.75) is 19.3 Å². The SMILES string of the molecule is O=C1C[C@@H](C(=O)O)[C@@H]2CC[C@H]12. The number of hydrogen-bond acceptors (Lipinski definition) is 2. The molecule has 2 rings (SSSR count). The Morgan fingerprint density at radius 2 is 2.18 bits per heavy atom. The Bertz CT molecular complexity index is 221. The van der Waals surface area contributed by atoms with Crippen LogP contribution in [0, 0.1) is 17.8 Å². The molecule has 2 saturated carbocycles. The molecular formula is C8H10O3. The third kappa shape index (κ3) is 0.800. The molecule has 0 aromatic heterocycles. The summed E-state index contributed by atoms with van der Waals surface area (Å²) >= 11 is 0. The van der Waals surface area contributed by atoms with Gasteiger partial charge in [-0.15, -0.1) is 0 Å². The molecule has 11 heavy (non-hydrogen) atoms. The Kier molecular flexibility index (Phi) is 1.28. The van der Waals surface area contributed by atoms with Crippen molar-refractivity contribution in [1.29, 1.82) is 0 Å². The third-order valence-electron chi connectivity index (χ3n) is 3.00. The van der Waals surface area contributed by atoms with Gasteiger partial charge in [0.15, 0.2) is 0 Å². The van der Waals surface area contributed by atoms with Crippen LogP contribution in [0.1, 0.15) is 19.3 Å². The molecule has 0 aromatic rings. The molecule has 0 saturated heterocycles. The lowest BCUT2D eigenvalue weighted by atomic mass is 9.72. The van der Waals surface area contributed by atoms with Crippen LogP contribution in [0.5, 0.6) is 0 Å². The van der Waals surface area contributed by atoms with Gasteiger partial charge < -0.3 is 5.11 Å². The first-order valence-electron chi connectivity index (χ1n) is 3.95. The van der Waals surface area contributed by atoms with E-state index in [-0.39, 0.29) is 30.0 Å². The Labute approximate surface area is 64.4 Å².